The fourth-order valence-corrected chi connectivity index (χ4v) is 2.96. The topological polar surface area (TPSA) is 12.0 Å². The maximum absolute atomic E-state index is 12.5. The van der Waals surface area contributed by atoms with E-state index in [9.17, 15) is 13.2 Å². The highest BCUT2D eigenvalue weighted by Crippen LogP contribution is 2.48. The summed E-state index contributed by atoms with van der Waals surface area (Å²) in [6, 6.07) is 5.46. The highest BCUT2D eigenvalue weighted by atomic mass is 19.4. The van der Waals surface area contributed by atoms with Crippen LogP contribution in [0, 0.1) is 17.8 Å². The SMILES string of the molecule is FC(F)(F)c1ccc(CNCC(C2CC2)C2CC2)cc1. The molecular weight excluding hydrogens is 263 g/mol. The van der Waals surface area contributed by atoms with E-state index in [1.54, 1.807) is 12.1 Å². The van der Waals surface area contributed by atoms with Crippen LogP contribution in [0.1, 0.15) is 36.8 Å². The van der Waals surface area contributed by atoms with Crippen molar-refractivity contribution in [3.63, 3.8) is 0 Å². The fourth-order valence-electron chi connectivity index (χ4n) is 2.96. The van der Waals surface area contributed by atoms with Crippen LogP contribution < -0.4 is 5.32 Å². The van der Waals surface area contributed by atoms with Crippen LogP contribution in [0.25, 0.3) is 0 Å². The molecule has 1 aromatic rings. The number of rotatable bonds is 6. The van der Waals surface area contributed by atoms with Crippen molar-refractivity contribution in [1.29, 1.82) is 0 Å². The van der Waals surface area contributed by atoms with Gasteiger partial charge in [0.15, 0.2) is 0 Å². The molecule has 0 bridgehead atoms. The van der Waals surface area contributed by atoms with Gasteiger partial charge in [-0.15, -0.1) is 0 Å². The third-order valence-electron chi connectivity index (χ3n) is 4.45. The second-order valence-corrected chi connectivity index (χ2v) is 6.16. The molecule has 2 aliphatic carbocycles. The summed E-state index contributed by atoms with van der Waals surface area (Å²) >= 11 is 0. The molecule has 0 amide bonds. The monoisotopic (exact) mass is 283 g/mol. The molecule has 2 saturated carbocycles. The average Bonchev–Trinajstić information content (AvgIpc) is 3.27. The molecule has 0 atom stereocenters. The quantitative estimate of drug-likeness (QED) is 0.823. The predicted molar refractivity (Wildman–Crippen MR) is 72.1 cm³/mol. The van der Waals surface area contributed by atoms with Crippen molar-refractivity contribution in [2.24, 2.45) is 17.8 Å². The highest BCUT2D eigenvalue weighted by Gasteiger charge is 2.40. The first-order chi connectivity index (χ1) is 9.54. The Bertz CT molecular complexity index is 432. The molecule has 1 aromatic carbocycles. The Labute approximate surface area is 117 Å². The van der Waals surface area contributed by atoms with E-state index < -0.39 is 11.7 Å². The van der Waals surface area contributed by atoms with Gasteiger partial charge in [-0.3, -0.25) is 0 Å². The van der Waals surface area contributed by atoms with Crippen molar-refractivity contribution in [3.8, 4) is 0 Å². The Morgan fingerprint density at radius 1 is 1.00 bits per heavy atom. The maximum Gasteiger partial charge on any atom is 0.416 e. The van der Waals surface area contributed by atoms with Crippen molar-refractivity contribution in [3.05, 3.63) is 35.4 Å². The lowest BCUT2D eigenvalue weighted by Crippen LogP contribution is -2.25. The molecule has 1 nitrogen and oxygen atoms in total. The van der Waals surface area contributed by atoms with E-state index >= 15 is 0 Å². The number of benzene rings is 1. The van der Waals surface area contributed by atoms with Crippen LogP contribution in [0.4, 0.5) is 13.2 Å². The molecule has 3 rings (SSSR count). The van der Waals surface area contributed by atoms with Gasteiger partial charge in [0, 0.05) is 6.54 Å². The van der Waals surface area contributed by atoms with E-state index in [1.165, 1.54) is 25.7 Å². The molecule has 0 aromatic heterocycles. The number of nitrogens with one attached hydrogen (secondary N) is 1. The van der Waals surface area contributed by atoms with Crippen molar-refractivity contribution in [1.82, 2.24) is 5.32 Å². The molecule has 2 aliphatic rings. The summed E-state index contributed by atoms with van der Waals surface area (Å²) in [5, 5.41) is 3.42. The number of hydrogen-bond acceptors (Lipinski definition) is 1. The van der Waals surface area contributed by atoms with Gasteiger partial charge in [-0.1, -0.05) is 12.1 Å². The van der Waals surface area contributed by atoms with E-state index in [2.05, 4.69) is 5.32 Å². The molecule has 0 aliphatic heterocycles. The van der Waals surface area contributed by atoms with Crippen LogP contribution in [0.5, 0.6) is 0 Å². The summed E-state index contributed by atoms with van der Waals surface area (Å²) in [4.78, 5) is 0. The fraction of sp³-hybridized carbons (Fsp3) is 0.625. The molecule has 2 fully saturated rings. The minimum Gasteiger partial charge on any atom is -0.312 e. The van der Waals surface area contributed by atoms with Crippen molar-refractivity contribution < 1.29 is 13.2 Å². The molecule has 4 heteroatoms. The average molecular weight is 283 g/mol. The van der Waals surface area contributed by atoms with E-state index in [0.29, 0.717) is 6.54 Å². The second kappa shape index (κ2) is 5.40. The molecule has 0 spiro atoms. The van der Waals surface area contributed by atoms with Gasteiger partial charge in [0.2, 0.25) is 0 Å². The second-order valence-electron chi connectivity index (χ2n) is 6.16. The Hall–Kier alpha value is -1.03. The van der Waals surface area contributed by atoms with Crippen LogP contribution in [0.3, 0.4) is 0 Å². The van der Waals surface area contributed by atoms with Crippen LogP contribution in [0.2, 0.25) is 0 Å². The van der Waals surface area contributed by atoms with Crippen molar-refractivity contribution >= 4 is 0 Å². The largest absolute Gasteiger partial charge is 0.416 e. The first kappa shape index (κ1) is 13.9. The molecule has 0 saturated heterocycles. The first-order valence-corrected chi connectivity index (χ1v) is 7.41. The van der Waals surface area contributed by atoms with Gasteiger partial charge in [0.1, 0.15) is 0 Å². The van der Waals surface area contributed by atoms with Gasteiger partial charge in [-0.05, 0) is 67.7 Å². The number of hydrogen-bond donors (Lipinski definition) is 1. The summed E-state index contributed by atoms with van der Waals surface area (Å²) in [5.74, 6) is 2.61. The smallest absolute Gasteiger partial charge is 0.312 e. The van der Waals surface area contributed by atoms with E-state index in [0.717, 1.165) is 42.0 Å². The molecular formula is C16H20F3N. The Balaban J connectivity index is 1.48. The molecule has 110 valence electrons. The lowest BCUT2D eigenvalue weighted by Gasteiger charge is -2.16. The van der Waals surface area contributed by atoms with Crippen LogP contribution in [-0.2, 0) is 12.7 Å². The summed E-state index contributed by atoms with van der Waals surface area (Å²) in [7, 11) is 0. The molecule has 20 heavy (non-hydrogen) atoms. The lowest BCUT2D eigenvalue weighted by molar-refractivity contribution is -0.137. The molecule has 0 heterocycles. The van der Waals surface area contributed by atoms with E-state index in [-0.39, 0.29) is 0 Å². The number of alkyl halides is 3. The van der Waals surface area contributed by atoms with Crippen LogP contribution in [0.15, 0.2) is 24.3 Å². The summed E-state index contributed by atoms with van der Waals surface area (Å²) in [6.07, 6.45) is 1.22. The van der Waals surface area contributed by atoms with Crippen LogP contribution >= 0.6 is 0 Å². The normalized spacial score (nSPS) is 19.6. The van der Waals surface area contributed by atoms with Gasteiger partial charge in [0.25, 0.3) is 0 Å². The zero-order valence-electron chi connectivity index (χ0n) is 11.4. The summed E-state index contributed by atoms with van der Waals surface area (Å²) in [5.41, 5.74) is 0.346. The van der Waals surface area contributed by atoms with E-state index in [4.69, 9.17) is 0 Å². The van der Waals surface area contributed by atoms with Crippen molar-refractivity contribution in [2.45, 2.75) is 38.4 Å². The van der Waals surface area contributed by atoms with Crippen molar-refractivity contribution in [2.75, 3.05) is 6.54 Å². The van der Waals surface area contributed by atoms with Gasteiger partial charge >= 0.3 is 6.18 Å². The van der Waals surface area contributed by atoms with Crippen LogP contribution in [-0.4, -0.2) is 6.54 Å². The zero-order valence-corrected chi connectivity index (χ0v) is 11.4. The standard InChI is InChI=1S/C16H20F3N/c17-16(18,19)14-7-1-11(2-8-14)9-20-10-15(12-3-4-12)13-5-6-13/h1-2,7-8,12-13,15,20H,3-6,9-10H2. The minimum atomic E-state index is -4.24. The molecule has 0 radical (unpaired) electrons. The predicted octanol–water partition coefficient (Wildman–Crippen LogP) is 4.23. The van der Waals surface area contributed by atoms with Gasteiger partial charge in [0.05, 0.1) is 5.56 Å². The third kappa shape index (κ3) is 3.54. The van der Waals surface area contributed by atoms with Gasteiger partial charge in [-0.25, -0.2) is 0 Å². The molecule has 0 unspecified atom stereocenters. The summed E-state index contributed by atoms with van der Waals surface area (Å²) in [6.45, 7) is 1.67. The molecule has 1 N–H and O–H groups in total. The summed E-state index contributed by atoms with van der Waals surface area (Å²) < 4.78 is 37.4. The lowest BCUT2D eigenvalue weighted by atomic mass is 9.98. The van der Waals surface area contributed by atoms with E-state index in [1.807, 2.05) is 0 Å². The first-order valence-electron chi connectivity index (χ1n) is 7.41. The van der Waals surface area contributed by atoms with Gasteiger partial charge in [-0.2, -0.15) is 13.2 Å². The highest BCUT2D eigenvalue weighted by molar-refractivity contribution is 5.24. The number of halogens is 3. The third-order valence-corrected chi connectivity index (χ3v) is 4.45. The van der Waals surface area contributed by atoms with Gasteiger partial charge < -0.3 is 5.32 Å². The minimum absolute atomic E-state index is 0.574. The maximum atomic E-state index is 12.5. The Morgan fingerprint density at radius 2 is 1.55 bits per heavy atom. The Kier molecular flexibility index (Phi) is 3.76. The zero-order chi connectivity index (χ0) is 14.2. The Morgan fingerprint density at radius 3 is 2.00 bits per heavy atom.